The number of carbonyl (C=O) groups excluding carboxylic acids is 2. The molecule has 9 nitrogen and oxygen atoms in total. The Hall–Kier alpha value is -3.24. The van der Waals surface area contributed by atoms with Gasteiger partial charge in [-0.15, -0.1) is 0 Å². The van der Waals surface area contributed by atoms with E-state index < -0.39 is 27.3 Å². The number of carbonyl (C=O) groups is 2. The Labute approximate surface area is 161 Å². The quantitative estimate of drug-likeness (QED) is 0.573. The van der Waals surface area contributed by atoms with Gasteiger partial charge in [0.1, 0.15) is 5.25 Å². The lowest BCUT2D eigenvalue weighted by atomic mass is 10.1. The summed E-state index contributed by atoms with van der Waals surface area (Å²) < 4.78 is 31.7. The van der Waals surface area contributed by atoms with Crippen LogP contribution in [0.1, 0.15) is 24.2 Å². The van der Waals surface area contributed by atoms with Gasteiger partial charge in [-0.05, 0) is 42.7 Å². The van der Waals surface area contributed by atoms with E-state index in [1.807, 2.05) is 12.2 Å². The molecule has 1 unspecified atom stereocenters. The Kier molecular flexibility index (Phi) is 5.43. The fraction of sp³-hybridized carbons (Fsp3) is 0.167. The van der Waals surface area contributed by atoms with Gasteiger partial charge in [0.05, 0.1) is 0 Å². The summed E-state index contributed by atoms with van der Waals surface area (Å²) in [6, 6.07) is 5.29. The zero-order valence-corrected chi connectivity index (χ0v) is 15.7. The van der Waals surface area contributed by atoms with Crippen molar-refractivity contribution in [3.8, 4) is 0 Å². The Morgan fingerprint density at radius 2 is 2.11 bits per heavy atom. The number of urea groups is 1. The first-order valence-corrected chi connectivity index (χ1v) is 9.84. The molecule has 1 aromatic carbocycles. The lowest BCUT2D eigenvalue weighted by Crippen LogP contribution is -2.43. The van der Waals surface area contributed by atoms with Crippen molar-refractivity contribution in [1.82, 2.24) is 10.6 Å². The maximum atomic E-state index is 12.2. The number of nitrogens with zero attached hydrogens (tertiary/aromatic N) is 1. The summed E-state index contributed by atoms with van der Waals surface area (Å²) in [4.78, 5) is 28.5. The van der Waals surface area contributed by atoms with Crippen molar-refractivity contribution >= 4 is 33.6 Å². The van der Waals surface area contributed by atoms with E-state index in [9.17, 15) is 22.6 Å². The van der Waals surface area contributed by atoms with E-state index in [-0.39, 0.29) is 5.84 Å². The van der Waals surface area contributed by atoms with Gasteiger partial charge in [-0.3, -0.25) is 14.7 Å². The topological polar surface area (TPSA) is 137 Å². The van der Waals surface area contributed by atoms with Crippen LogP contribution in [0.3, 0.4) is 0 Å². The van der Waals surface area contributed by atoms with Gasteiger partial charge < -0.3 is 10.6 Å². The highest BCUT2D eigenvalue weighted by atomic mass is 32.2. The largest absolute Gasteiger partial charge is 0.325 e. The molecule has 2 aliphatic rings. The molecule has 28 heavy (non-hydrogen) atoms. The summed E-state index contributed by atoms with van der Waals surface area (Å²) in [6.45, 7) is 1.33. The highest BCUT2D eigenvalue weighted by Crippen LogP contribution is 2.23. The third kappa shape index (κ3) is 4.53. The summed E-state index contributed by atoms with van der Waals surface area (Å²) in [6.07, 6.45) is 7.61. The number of nitrogens with one attached hydrogen (secondary N) is 3. The van der Waals surface area contributed by atoms with Crippen molar-refractivity contribution in [3.63, 3.8) is 0 Å². The molecule has 0 bridgehead atoms. The lowest BCUT2D eigenvalue weighted by molar-refractivity contribution is -0.114. The first-order valence-electron chi connectivity index (χ1n) is 8.33. The summed E-state index contributed by atoms with van der Waals surface area (Å²) in [7, 11) is -4.26. The molecule has 3 amide bonds. The number of rotatable bonds is 3. The average Bonchev–Trinajstić information content (AvgIpc) is 2.79. The highest BCUT2D eigenvalue weighted by Gasteiger charge is 2.22. The number of hydrogen-bond donors (Lipinski definition) is 4. The molecule has 0 spiro atoms. The lowest BCUT2D eigenvalue weighted by Gasteiger charge is -2.13. The molecule has 0 saturated carbocycles. The summed E-state index contributed by atoms with van der Waals surface area (Å²) >= 11 is 0. The normalized spacial score (nSPS) is 17.2. The molecule has 4 N–H and O–H groups in total. The van der Waals surface area contributed by atoms with E-state index in [0.717, 1.165) is 5.57 Å². The van der Waals surface area contributed by atoms with Crippen molar-refractivity contribution in [1.29, 1.82) is 0 Å². The third-order valence-corrected chi connectivity index (χ3v) is 5.35. The zero-order valence-electron chi connectivity index (χ0n) is 14.8. The monoisotopic (exact) mass is 402 g/mol. The maximum absolute atomic E-state index is 12.2. The first-order chi connectivity index (χ1) is 13.2. The van der Waals surface area contributed by atoms with Crippen molar-refractivity contribution in [2.75, 3.05) is 5.32 Å². The van der Waals surface area contributed by atoms with Crippen molar-refractivity contribution in [2.24, 2.45) is 4.99 Å². The number of anilines is 1. The van der Waals surface area contributed by atoms with Crippen LogP contribution in [-0.4, -0.2) is 30.7 Å². The summed E-state index contributed by atoms with van der Waals surface area (Å²) in [5, 5.41) is 6.41. The standard InChI is InChI=1S/C18H18N4O5S/c1-11(28(25,26)27)12-6-4-7-14(9-12)20-18(24)22-16-17(23)21-15-8-3-2-5-13(15)10-19-16/h2-4,6-11H,5H2,1H3,(H,21,23)(H,25,26,27)(H2,19,20,22,24). The Morgan fingerprint density at radius 3 is 2.86 bits per heavy atom. The van der Waals surface area contributed by atoms with E-state index in [2.05, 4.69) is 20.9 Å². The molecule has 1 aliphatic heterocycles. The molecular formula is C18H18N4O5S. The van der Waals surface area contributed by atoms with Gasteiger partial charge in [-0.25, -0.2) is 9.79 Å². The third-order valence-electron chi connectivity index (χ3n) is 4.19. The second kappa shape index (κ2) is 7.79. The summed E-state index contributed by atoms with van der Waals surface area (Å²) in [5.41, 5.74) is 2.04. The number of amidine groups is 1. The first kappa shape index (κ1) is 19.5. The molecule has 1 aromatic rings. The van der Waals surface area contributed by atoms with Crippen LogP contribution in [-0.2, 0) is 14.9 Å². The van der Waals surface area contributed by atoms with E-state index in [1.54, 1.807) is 12.1 Å². The van der Waals surface area contributed by atoms with E-state index >= 15 is 0 Å². The molecule has 0 aromatic heterocycles. The minimum Gasteiger partial charge on any atom is -0.319 e. The van der Waals surface area contributed by atoms with E-state index in [0.29, 0.717) is 23.4 Å². The minimum atomic E-state index is -4.26. The fourth-order valence-electron chi connectivity index (χ4n) is 2.60. The molecule has 1 aliphatic carbocycles. The molecule has 146 valence electrons. The molecule has 1 heterocycles. The van der Waals surface area contributed by atoms with Crippen LogP contribution in [0, 0.1) is 0 Å². The van der Waals surface area contributed by atoms with Gasteiger partial charge in [0.25, 0.3) is 16.0 Å². The molecule has 0 fully saturated rings. The Morgan fingerprint density at radius 1 is 1.32 bits per heavy atom. The van der Waals surface area contributed by atoms with Crippen LogP contribution in [0.25, 0.3) is 0 Å². The van der Waals surface area contributed by atoms with Crippen LogP contribution in [0.15, 0.2) is 65.0 Å². The molecule has 1 atom stereocenters. The van der Waals surface area contributed by atoms with E-state index in [1.165, 1.54) is 31.3 Å². The van der Waals surface area contributed by atoms with Gasteiger partial charge in [-0.1, -0.05) is 24.3 Å². The zero-order chi connectivity index (χ0) is 20.3. The van der Waals surface area contributed by atoms with Gasteiger partial charge in [-0.2, -0.15) is 8.42 Å². The highest BCUT2D eigenvalue weighted by molar-refractivity contribution is 7.86. The van der Waals surface area contributed by atoms with Crippen LogP contribution < -0.4 is 16.0 Å². The Bertz CT molecular complexity index is 1050. The number of amides is 3. The Balaban J connectivity index is 1.70. The SMILES string of the molecule is CC(c1cccc(NC(=O)NC2=NC=C3CC=CC=C3NC2=O)c1)S(=O)(=O)O. The molecular weight excluding hydrogens is 384 g/mol. The summed E-state index contributed by atoms with van der Waals surface area (Å²) in [5.74, 6) is -0.737. The number of fused-ring (bicyclic) bond motifs is 1. The van der Waals surface area contributed by atoms with Crippen molar-refractivity contribution in [3.05, 3.63) is 65.5 Å². The van der Waals surface area contributed by atoms with Crippen LogP contribution in [0.5, 0.6) is 0 Å². The number of benzene rings is 1. The van der Waals surface area contributed by atoms with E-state index in [4.69, 9.17) is 0 Å². The van der Waals surface area contributed by atoms with Gasteiger partial charge in [0.15, 0.2) is 0 Å². The maximum Gasteiger partial charge on any atom is 0.325 e. The number of allylic oxidation sites excluding steroid dienone is 4. The number of aliphatic imine (C=N–C) groups is 1. The van der Waals surface area contributed by atoms with Crippen LogP contribution in [0.4, 0.5) is 10.5 Å². The average molecular weight is 402 g/mol. The fourth-order valence-corrected chi connectivity index (χ4v) is 3.09. The number of hydrogen-bond acceptors (Lipinski definition) is 5. The smallest absolute Gasteiger partial charge is 0.319 e. The molecule has 0 radical (unpaired) electrons. The van der Waals surface area contributed by atoms with Gasteiger partial charge >= 0.3 is 6.03 Å². The minimum absolute atomic E-state index is 0.178. The second-order valence-electron chi connectivity index (χ2n) is 6.16. The molecule has 10 heteroatoms. The van der Waals surface area contributed by atoms with Crippen LogP contribution >= 0.6 is 0 Å². The molecule has 0 saturated heterocycles. The predicted molar refractivity (Wildman–Crippen MR) is 104 cm³/mol. The van der Waals surface area contributed by atoms with Crippen molar-refractivity contribution in [2.45, 2.75) is 18.6 Å². The predicted octanol–water partition coefficient (Wildman–Crippen LogP) is 2.01. The van der Waals surface area contributed by atoms with Gasteiger partial charge in [0.2, 0.25) is 5.84 Å². The second-order valence-corrected chi connectivity index (χ2v) is 7.90. The van der Waals surface area contributed by atoms with Crippen molar-refractivity contribution < 1.29 is 22.6 Å². The molecule has 3 rings (SSSR count). The van der Waals surface area contributed by atoms with Gasteiger partial charge in [0, 0.05) is 17.6 Å². The van der Waals surface area contributed by atoms with Crippen LogP contribution in [0.2, 0.25) is 0 Å².